The lowest BCUT2D eigenvalue weighted by molar-refractivity contribution is -0.227. The van der Waals surface area contributed by atoms with E-state index in [9.17, 15) is 22.8 Å². The second kappa shape index (κ2) is 8.06. The number of amides is 1. The highest BCUT2D eigenvalue weighted by Gasteiger charge is 2.64. The van der Waals surface area contributed by atoms with Crippen LogP contribution in [-0.2, 0) is 9.59 Å². The van der Waals surface area contributed by atoms with Gasteiger partial charge in [0.15, 0.2) is 12.0 Å². The van der Waals surface area contributed by atoms with Gasteiger partial charge in [0.1, 0.15) is 11.5 Å². The number of carbonyl (C=O) groups is 2. The largest absolute Gasteiger partial charge is 0.493 e. The van der Waals surface area contributed by atoms with Crippen molar-refractivity contribution >= 4 is 11.9 Å². The first-order valence-corrected chi connectivity index (χ1v) is 8.49. The van der Waals surface area contributed by atoms with E-state index in [1.54, 1.807) is 24.3 Å². The van der Waals surface area contributed by atoms with Crippen molar-refractivity contribution in [2.75, 3.05) is 26.3 Å². The number of rotatable bonds is 7. The number of ether oxygens (including phenoxy) is 2. The maximum absolute atomic E-state index is 13.2. The van der Waals surface area contributed by atoms with Crippen LogP contribution in [0.15, 0.2) is 24.3 Å². The van der Waals surface area contributed by atoms with E-state index in [2.05, 4.69) is 0 Å². The van der Waals surface area contributed by atoms with Gasteiger partial charge in [-0.25, -0.2) is 0 Å². The van der Waals surface area contributed by atoms with Crippen molar-refractivity contribution in [3.8, 4) is 11.5 Å². The Morgan fingerprint density at radius 2 is 1.89 bits per heavy atom. The third-order valence-electron chi connectivity index (χ3n) is 4.33. The van der Waals surface area contributed by atoms with Crippen molar-refractivity contribution in [2.45, 2.75) is 26.4 Å². The zero-order chi connectivity index (χ0) is 20.2. The van der Waals surface area contributed by atoms with Gasteiger partial charge in [-0.2, -0.15) is 13.2 Å². The summed E-state index contributed by atoms with van der Waals surface area (Å²) in [6.45, 7) is 2.81. The average molecular weight is 389 g/mol. The molecule has 1 atom stereocenters. The molecule has 1 aliphatic heterocycles. The van der Waals surface area contributed by atoms with Crippen molar-refractivity contribution in [2.24, 2.45) is 11.3 Å². The molecule has 1 heterocycles. The monoisotopic (exact) mass is 389 g/mol. The molecule has 27 heavy (non-hydrogen) atoms. The minimum atomic E-state index is -4.93. The Labute approximate surface area is 154 Å². The van der Waals surface area contributed by atoms with E-state index in [-0.39, 0.29) is 6.54 Å². The predicted molar refractivity (Wildman–Crippen MR) is 89.6 cm³/mol. The Hall–Kier alpha value is -2.45. The van der Waals surface area contributed by atoms with Gasteiger partial charge in [-0.1, -0.05) is 19.9 Å². The molecule has 1 aromatic carbocycles. The number of hydrogen-bond donors (Lipinski definition) is 1. The first kappa shape index (κ1) is 20.9. The molecule has 0 saturated carbocycles. The molecule has 9 heteroatoms. The summed E-state index contributed by atoms with van der Waals surface area (Å²) in [5.41, 5.74) is -2.92. The molecule has 1 aliphatic rings. The lowest BCUT2D eigenvalue weighted by atomic mass is 9.86. The molecule has 1 amide bonds. The van der Waals surface area contributed by atoms with Crippen LogP contribution in [0, 0.1) is 11.3 Å². The molecule has 2 rings (SSSR count). The maximum atomic E-state index is 13.2. The third-order valence-corrected chi connectivity index (χ3v) is 4.33. The van der Waals surface area contributed by atoms with E-state index in [0.717, 1.165) is 4.90 Å². The summed E-state index contributed by atoms with van der Waals surface area (Å²) in [7, 11) is 0. The molecule has 0 bridgehead atoms. The van der Waals surface area contributed by atoms with E-state index in [1.807, 2.05) is 13.8 Å². The molecule has 1 fully saturated rings. The number of carbonyl (C=O) groups excluding carboxylic acids is 1. The lowest BCUT2D eigenvalue weighted by Crippen LogP contribution is -2.48. The van der Waals surface area contributed by atoms with Gasteiger partial charge in [-0.3, -0.25) is 9.59 Å². The molecule has 1 saturated heterocycles. The Morgan fingerprint density at radius 3 is 2.41 bits per heavy atom. The van der Waals surface area contributed by atoms with Crippen LogP contribution in [0.1, 0.15) is 20.3 Å². The van der Waals surface area contributed by atoms with Crippen LogP contribution in [0.5, 0.6) is 11.5 Å². The van der Waals surface area contributed by atoms with Crippen molar-refractivity contribution < 1.29 is 37.3 Å². The number of carboxylic acids is 1. The number of carboxylic acid groups (broad SMARTS) is 1. The molecule has 1 N–H and O–H groups in total. The number of alkyl halides is 3. The smallest absolute Gasteiger partial charge is 0.406 e. The third kappa shape index (κ3) is 4.84. The van der Waals surface area contributed by atoms with Crippen molar-refractivity contribution in [3.63, 3.8) is 0 Å². The van der Waals surface area contributed by atoms with Crippen LogP contribution in [0.25, 0.3) is 0 Å². The molecule has 0 aromatic heterocycles. The summed E-state index contributed by atoms with van der Waals surface area (Å²) < 4.78 is 50.4. The SMILES string of the molecule is CC(C)COc1cccc(OCC(=O)N2CCC(C(=O)O)(C(F)(F)F)C2)c1. The number of hydrogen-bond acceptors (Lipinski definition) is 4. The fourth-order valence-electron chi connectivity index (χ4n) is 2.70. The number of benzene rings is 1. The normalized spacial score (nSPS) is 20.0. The van der Waals surface area contributed by atoms with E-state index < -0.39 is 43.0 Å². The number of likely N-dealkylation sites (tertiary alicyclic amines) is 1. The topological polar surface area (TPSA) is 76.1 Å². The van der Waals surface area contributed by atoms with E-state index in [0.29, 0.717) is 24.0 Å². The highest BCUT2D eigenvalue weighted by atomic mass is 19.4. The predicted octanol–water partition coefficient (Wildman–Crippen LogP) is 2.97. The van der Waals surface area contributed by atoms with Gasteiger partial charge in [0.2, 0.25) is 0 Å². The minimum Gasteiger partial charge on any atom is -0.493 e. The molecular weight excluding hydrogens is 367 g/mol. The summed E-state index contributed by atoms with van der Waals surface area (Å²) >= 11 is 0. The molecule has 0 radical (unpaired) electrons. The average Bonchev–Trinajstić information content (AvgIpc) is 3.05. The van der Waals surface area contributed by atoms with Crippen LogP contribution in [0.2, 0.25) is 0 Å². The standard InChI is InChI=1S/C18H22F3NO5/c1-12(2)9-26-13-4-3-5-14(8-13)27-10-15(23)22-7-6-17(11-22,16(24)25)18(19,20)21/h3-5,8,12H,6-7,9-11H2,1-2H3,(H,24,25). The second-order valence-corrected chi connectivity index (χ2v) is 6.92. The Balaban J connectivity index is 1.95. The van der Waals surface area contributed by atoms with Crippen molar-refractivity contribution in [1.29, 1.82) is 0 Å². The van der Waals surface area contributed by atoms with Gasteiger partial charge in [-0.15, -0.1) is 0 Å². The van der Waals surface area contributed by atoms with E-state index in [4.69, 9.17) is 14.6 Å². The van der Waals surface area contributed by atoms with Crippen LogP contribution >= 0.6 is 0 Å². The van der Waals surface area contributed by atoms with E-state index in [1.165, 1.54) is 0 Å². The van der Waals surface area contributed by atoms with Gasteiger partial charge in [-0.05, 0) is 24.5 Å². The Morgan fingerprint density at radius 1 is 1.26 bits per heavy atom. The molecule has 0 spiro atoms. The number of halogens is 3. The highest BCUT2D eigenvalue weighted by Crippen LogP contribution is 2.45. The summed E-state index contributed by atoms with van der Waals surface area (Å²) in [6.07, 6.45) is -5.60. The summed E-state index contributed by atoms with van der Waals surface area (Å²) in [5.74, 6) is -1.45. The first-order valence-electron chi connectivity index (χ1n) is 8.49. The number of aliphatic carboxylic acids is 1. The van der Waals surface area contributed by atoms with Crippen LogP contribution in [0.3, 0.4) is 0 Å². The van der Waals surface area contributed by atoms with Gasteiger partial charge in [0, 0.05) is 19.2 Å². The molecule has 1 unspecified atom stereocenters. The van der Waals surface area contributed by atoms with Crippen LogP contribution in [-0.4, -0.2) is 54.4 Å². The Bertz CT molecular complexity index is 692. The maximum Gasteiger partial charge on any atom is 0.406 e. The second-order valence-electron chi connectivity index (χ2n) is 6.92. The van der Waals surface area contributed by atoms with Gasteiger partial charge in [0.25, 0.3) is 5.91 Å². The van der Waals surface area contributed by atoms with Crippen molar-refractivity contribution in [1.82, 2.24) is 4.90 Å². The van der Waals surface area contributed by atoms with Gasteiger partial charge in [0.05, 0.1) is 6.61 Å². The zero-order valence-electron chi connectivity index (χ0n) is 15.1. The number of nitrogens with zero attached hydrogens (tertiary/aromatic N) is 1. The summed E-state index contributed by atoms with van der Waals surface area (Å²) in [5, 5.41) is 9.02. The summed E-state index contributed by atoms with van der Waals surface area (Å²) in [6, 6.07) is 6.57. The quantitative estimate of drug-likeness (QED) is 0.776. The van der Waals surface area contributed by atoms with Crippen LogP contribution < -0.4 is 9.47 Å². The fourth-order valence-corrected chi connectivity index (χ4v) is 2.70. The van der Waals surface area contributed by atoms with Gasteiger partial charge < -0.3 is 19.5 Å². The molecule has 150 valence electrons. The highest BCUT2D eigenvalue weighted by molar-refractivity contribution is 5.82. The molecule has 1 aromatic rings. The zero-order valence-corrected chi connectivity index (χ0v) is 15.1. The lowest BCUT2D eigenvalue weighted by Gasteiger charge is -2.27. The summed E-state index contributed by atoms with van der Waals surface area (Å²) in [4.78, 5) is 24.2. The molecule has 6 nitrogen and oxygen atoms in total. The first-order chi connectivity index (χ1) is 12.5. The Kier molecular flexibility index (Phi) is 6.22. The molecular formula is C18H22F3NO5. The van der Waals surface area contributed by atoms with Gasteiger partial charge >= 0.3 is 12.1 Å². The minimum absolute atomic E-state index is 0.286. The van der Waals surface area contributed by atoms with E-state index >= 15 is 0 Å². The fraction of sp³-hybridized carbons (Fsp3) is 0.556. The van der Waals surface area contributed by atoms with Crippen molar-refractivity contribution in [3.05, 3.63) is 24.3 Å². The van der Waals surface area contributed by atoms with Crippen LogP contribution in [0.4, 0.5) is 13.2 Å². The molecule has 0 aliphatic carbocycles.